The molecule has 3 aromatic rings. The first kappa shape index (κ1) is 25.5. The second kappa shape index (κ2) is 11.5. The molecule has 0 atom stereocenters. The van der Waals surface area contributed by atoms with Crippen LogP contribution >= 0.6 is 38.9 Å². The fourth-order valence-corrected chi connectivity index (χ4v) is 6.64. The highest BCUT2D eigenvalue weighted by Gasteiger charge is 2.23. The zero-order valence-electron chi connectivity index (χ0n) is 18.5. The fraction of sp³-hybridized carbons (Fsp3) is 0.391. The summed E-state index contributed by atoms with van der Waals surface area (Å²) in [5.74, 6) is -0.526. The van der Waals surface area contributed by atoms with Crippen molar-refractivity contribution < 1.29 is 17.9 Å². The summed E-state index contributed by atoms with van der Waals surface area (Å²) in [5, 5.41) is 1.05. The molecule has 1 aliphatic heterocycles. The van der Waals surface area contributed by atoms with Crippen molar-refractivity contribution in [2.45, 2.75) is 17.7 Å². The summed E-state index contributed by atoms with van der Waals surface area (Å²) >= 11 is 10.8. The number of sulfone groups is 1. The van der Waals surface area contributed by atoms with E-state index in [0.29, 0.717) is 16.7 Å². The van der Waals surface area contributed by atoms with Gasteiger partial charge in [0.25, 0.3) is 0 Å². The van der Waals surface area contributed by atoms with Crippen molar-refractivity contribution in [3.63, 3.8) is 0 Å². The number of ether oxygens (including phenoxy) is 1. The molecule has 2 heterocycles. The number of thiazole rings is 1. The van der Waals surface area contributed by atoms with Gasteiger partial charge in [-0.05, 0) is 48.9 Å². The average Bonchev–Trinajstić information content (AvgIpc) is 3.24. The molecule has 0 aliphatic carbocycles. The highest BCUT2D eigenvalue weighted by Crippen LogP contribution is 2.31. The van der Waals surface area contributed by atoms with Crippen molar-refractivity contribution in [1.82, 2.24) is 9.88 Å². The Bertz CT molecular complexity index is 1240. The summed E-state index contributed by atoms with van der Waals surface area (Å²) in [7, 11) is -3.61. The maximum absolute atomic E-state index is 13.3. The summed E-state index contributed by atoms with van der Waals surface area (Å²) in [6, 6.07) is 11.8. The molecule has 1 fully saturated rings. The smallest absolute Gasteiger partial charge is 0.229 e. The van der Waals surface area contributed by atoms with E-state index in [4.69, 9.17) is 16.3 Å². The number of carbonyl (C=O) groups is 1. The van der Waals surface area contributed by atoms with Crippen LogP contribution in [0.15, 0.2) is 51.8 Å². The van der Waals surface area contributed by atoms with Crippen molar-refractivity contribution >= 4 is 70.0 Å². The monoisotopic (exact) mass is 585 g/mol. The molecule has 2 aromatic carbocycles. The topological polar surface area (TPSA) is 79.8 Å². The van der Waals surface area contributed by atoms with Gasteiger partial charge in [0.2, 0.25) is 5.91 Å². The highest BCUT2D eigenvalue weighted by molar-refractivity contribution is 9.10. The van der Waals surface area contributed by atoms with Crippen LogP contribution in [0.1, 0.15) is 12.8 Å². The quantitative estimate of drug-likeness (QED) is 0.364. The van der Waals surface area contributed by atoms with Crippen LogP contribution in [0.4, 0.5) is 5.13 Å². The summed E-state index contributed by atoms with van der Waals surface area (Å²) in [5.41, 5.74) is 0.808. The molecule has 0 bridgehead atoms. The lowest BCUT2D eigenvalue weighted by Gasteiger charge is -2.27. The Morgan fingerprint density at radius 2 is 1.91 bits per heavy atom. The van der Waals surface area contributed by atoms with Crippen LogP contribution in [0.2, 0.25) is 5.02 Å². The van der Waals surface area contributed by atoms with Gasteiger partial charge in [0, 0.05) is 42.1 Å². The van der Waals surface area contributed by atoms with E-state index in [1.54, 1.807) is 4.90 Å². The number of fused-ring (bicyclic) bond motifs is 1. The highest BCUT2D eigenvalue weighted by atomic mass is 79.9. The Morgan fingerprint density at radius 3 is 2.65 bits per heavy atom. The third-order valence-corrected chi connectivity index (χ3v) is 9.11. The molecule has 1 saturated heterocycles. The second-order valence-electron chi connectivity index (χ2n) is 7.98. The molecule has 11 heteroatoms. The number of anilines is 1. The predicted octanol–water partition coefficient (Wildman–Crippen LogP) is 4.63. The minimum absolute atomic E-state index is 0.123. The van der Waals surface area contributed by atoms with E-state index < -0.39 is 9.84 Å². The molecular weight excluding hydrogens is 562 g/mol. The predicted molar refractivity (Wildman–Crippen MR) is 140 cm³/mol. The fourth-order valence-electron chi connectivity index (χ4n) is 3.72. The van der Waals surface area contributed by atoms with Gasteiger partial charge in [-0.25, -0.2) is 13.4 Å². The van der Waals surface area contributed by atoms with Crippen LogP contribution in [0.3, 0.4) is 0 Å². The Kier molecular flexibility index (Phi) is 8.60. The first-order chi connectivity index (χ1) is 16.3. The maximum atomic E-state index is 13.3. The number of hydrogen-bond donors (Lipinski definition) is 0. The Hall–Kier alpha value is -1.56. The SMILES string of the molecule is O=C(CCS(=O)(=O)c1ccc(Cl)cc1)N(CCCN1CCOCC1)c1nc2ccc(Br)cc2s1. The maximum Gasteiger partial charge on any atom is 0.229 e. The lowest BCUT2D eigenvalue weighted by atomic mass is 10.3. The van der Waals surface area contributed by atoms with E-state index in [2.05, 4.69) is 25.8 Å². The molecule has 0 N–H and O–H groups in total. The van der Waals surface area contributed by atoms with Crippen molar-refractivity contribution in [3.8, 4) is 0 Å². The summed E-state index contributed by atoms with van der Waals surface area (Å²) in [4.78, 5) is 22.0. The van der Waals surface area contributed by atoms with Gasteiger partial charge in [0.15, 0.2) is 15.0 Å². The summed E-state index contributed by atoms with van der Waals surface area (Å²) < 4.78 is 32.8. The van der Waals surface area contributed by atoms with Gasteiger partial charge in [0.05, 0.1) is 34.1 Å². The molecule has 0 unspecified atom stereocenters. The van der Waals surface area contributed by atoms with Crippen LogP contribution in [0.5, 0.6) is 0 Å². The van der Waals surface area contributed by atoms with Crippen LogP contribution in [-0.2, 0) is 19.4 Å². The second-order valence-corrected chi connectivity index (χ2v) is 12.5. The number of amides is 1. The number of morpholine rings is 1. The molecule has 0 saturated carbocycles. The first-order valence-corrected chi connectivity index (χ1v) is 14.6. The van der Waals surface area contributed by atoms with Gasteiger partial charge < -0.3 is 4.74 Å². The van der Waals surface area contributed by atoms with E-state index in [0.717, 1.165) is 54.0 Å². The van der Waals surface area contributed by atoms with E-state index in [1.807, 2.05) is 18.2 Å². The molecule has 7 nitrogen and oxygen atoms in total. The van der Waals surface area contributed by atoms with E-state index >= 15 is 0 Å². The Morgan fingerprint density at radius 1 is 1.18 bits per heavy atom. The molecule has 34 heavy (non-hydrogen) atoms. The van der Waals surface area contributed by atoms with Crippen LogP contribution in [0.25, 0.3) is 10.2 Å². The molecular formula is C23H25BrClN3O4S2. The molecule has 182 valence electrons. The number of halogens is 2. The van der Waals surface area contributed by atoms with Crippen LogP contribution < -0.4 is 4.90 Å². The third kappa shape index (κ3) is 6.56. The number of carbonyl (C=O) groups excluding carboxylic acids is 1. The van der Waals surface area contributed by atoms with Crippen LogP contribution in [0, 0.1) is 0 Å². The van der Waals surface area contributed by atoms with E-state index in [1.165, 1.54) is 35.6 Å². The number of benzene rings is 2. The third-order valence-electron chi connectivity index (χ3n) is 5.59. The number of nitrogens with zero attached hydrogens (tertiary/aromatic N) is 3. The van der Waals surface area contributed by atoms with Gasteiger partial charge in [-0.2, -0.15) is 0 Å². The van der Waals surface area contributed by atoms with Gasteiger partial charge in [0.1, 0.15) is 0 Å². The van der Waals surface area contributed by atoms with E-state index in [9.17, 15) is 13.2 Å². The molecule has 1 amide bonds. The van der Waals surface area contributed by atoms with Gasteiger partial charge in [-0.3, -0.25) is 14.6 Å². The zero-order valence-corrected chi connectivity index (χ0v) is 22.4. The van der Waals surface area contributed by atoms with Gasteiger partial charge >= 0.3 is 0 Å². The van der Waals surface area contributed by atoms with Crippen molar-refractivity contribution in [1.29, 1.82) is 0 Å². The first-order valence-electron chi connectivity index (χ1n) is 11.0. The van der Waals surface area contributed by atoms with Gasteiger partial charge in [-0.15, -0.1) is 0 Å². The van der Waals surface area contributed by atoms with Gasteiger partial charge in [-0.1, -0.05) is 38.9 Å². The minimum atomic E-state index is -3.61. The average molecular weight is 587 g/mol. The Labute approximate surface area is 216 Å². The summed E-state index contributed by atoms with van der Waals surface area (Å²) in [6.07, 6.45) is 0.636. The molecule has 0 spiro atoms. The molecule has 1 aromatic heterocycles. The number of rotatable bonds is 9. The largest absolute Gasteiger partial charge is 0.379 e. The minimum Gasteiger partial charge on any atom is -0.379 e. The van der Waals surface area contributed by atoms with Crippen molar-refractivity contribution in [3.05, 3.63) is 52.0 Å². The number of hydrogen-bond acceptors (Lipinski definition) is 7. The zero-order chi connectivity index (χ0) is 24.1. The molecule has 1 aliphatic rings. The molecule has 4 rings (SSSR count). The Balaban J connectivity index is 1.48. The standard InChI is InChI=1S/C23H25BrClN3O4S2/c24-17-2-7-20-21(16-17)33-23(26-20)28(10-1-9-27-11-13-32-14-12-27)22(29)8-15-34(30,31)19-5-3-18(25)4-6-19/h2-7,16H,1,8-15H2. The van der Waals surface area contributed by atoms with E-state index in [-0.39, 0.29) is 23.0 Å². The normalized spacial score (nSPS) is 15.0. The lowest BCUT2D eigenvalue weighted by molar-refractivity contribution is -0.118. The summed E-state index contributed by atoms with van der Waals surface area (Å²) in [6.45, 7) is 4.51. The number of aromatic nitrogens is 1. The molecule has 0 radical (unpaired) electrons. The van der Waals surface area contributed by atoms with Crippen molar-refractivity contribution in [2.24, 2.45) is 0 Å². The van der Waals surface area contributed by atoms with Crippen molar-refractivity contribution in [2.75, 3.05) is 50.0 Å². The van der Waals surface area contributed by atoms with Crippen LogP contribution in [-0.4, -0.2) is 69.4 Å². The lowest BCUT2D eigenvalue weighted by Crippen LogP contribution is -2.39.